The van der Waals surface area contributed by atoms with Crippen molar-refractivity contribution in [3.05, 3.63) is 65.1 Å². The third kappa shape index (κ3) is 4.07. The smallest absolute Gasteiger partial charge is 0.293 e. The maximum atomic E-state index is 14.3. The third-order valence-corrected chi connectivity index (χ3v) is 6.65. The minimum atomic E-state index is -0.733. The van der Waals surface area contributed by atoms with Crippen LogP contribution < -0.4 is 10.8 Å². The van der Waals surface area contributed by atoms with E-state index in [9.17, 15) is 18.4 Å². The summed E-state index contributed by atoms with van der Waals surface area (Å²) < 4.78 is 29.4. The highest BCUT2D eigenvalue weighted by Gasteiger charge is 2.38. The Bertz CT molecular complexity index is 1240. The van der Waals surface area contributed by atoms with Gasteiger partial charge in [0.2, 0.25) is 5.91 Å². The summed E-state index contributed by atoms with van der Waals surface area (Å²) >= 11 is 0. The number of carbonyl (C=O) groups excluding carboxylic acids is 2. The molecule has 2 aliphatic heterocycles. The van der Waals surface area contributed by atoms with E-state index in [1.54, 1.807) is 11.5 Å². The first kappa shape index (κ1) is 21.5. The van der Waals surface area contributed by atoms with E-state index in [4.69, 9.17) is 5.21 Å². The van der Waals surface area contributed by atoms with E-state index in [0.29, 0.717) is 30.1 Å². The quantitative estimate of drug-likeness (QED) is 0.404. The molecule has 2 fully saturated rings. The Labute approximate surface area is 188 Å². The van der Waals surface area contributed by atoms with Crippen LogP contribution in [0.3, 0.4) is 0 Å². The summed E-state index contributed by atoms with van der Waals surface area (Å²) in [5.41, 5.74) is 3.52. The number of amides is 2. The van der Waals surface area contributed by atoms with Crippen LogP contribution in [0.1, 0.15) is 28.0 Å². The van der Waals surface area contributed by atoms with E-state index in [-0.39, 0.29) is 24.1 Å². The second-order valence-corrected chi connectivity index (χ2v) is 8.68. The van der Waals surface area contributed by atoms with Gasteiger partial charge in [-0.25, -0.2) is 19.2 Å². The van der Waals surface area contributed by atoms with Crippen LogP contribution in [0, 0.1) is 23.5 Å². The lowest BCUT2D eigenvalue weighted by Crippen LogP contribution is -2.40. The summed E-state index contributed by atoms with van der Waals surface area (Å²) in [4.78, 5) is 30.4. The maximum absolute atomic E-state index is 14.3. The van der Waals surface area contributed by atoms with Crippen molar-refractivity contribution in [1.82, 2.24) is 25.2 Å². The molecule has 0 unspecified atom stereocenters. The second-order valence-electron chi connectivity index (χ2n) is 8.68. The molecule has 0 radical (unpaired) electrons. The molecule has 2 amide bonds. The van der Waals surface area contributed by atoms with Crippen molar-refractivity contribution in [3.63, 3.8) is 0 Å². The summed E-state index contributed by atoms with van der Waals surface area (Å²) in [7, 11) is 0. The number of nitrogens with one attached hydrogen (secondary N) is 2. The van der Waals surface area contributed by atoms with Crippen LogP contribution in [0.15, 0.2) is 36.7 Å². The van der Waals surface area contributed by atoms with Crippen molar-refractivity contribution >= 4 is 22.7 Å². The highest BCUT2D eigenvalue weighted by Crippen LogP contribution is 2.30. The Morgan fingerprint density at radius 3 is 2.88 bits per heavy atom. The average molecular weight is 455 g/mol. The largest absolute Gasteiger partial charge is 0.356 e. The normalized spacial score (nSPS) is 20.6. The van der Waals surface area contributed by atoms with E-state index < -0.39 is 17.5 Å². The van der Waals surface area contributed by atoms with Crippen LogP contribution in [0.4, 0.5) is 8.78 Å². The minimum Gasteiger partial charge on any atom is -0.356 e. The predicted molar refractivity (Wildman–Crippen MR) is 114 cm³/mol. The molecule has 8 nitrogen and oxygen atoms in total. The van der Waals surface area contributed by atoms with Gasteiger partial charge in [0.1, 0.15) is 17.3 Å². The van der Waals surface area contributed by atoms with Crippen molar-refractivity contribution in [2.45, 2.75) is 19.5 Å². The molecule has 2 atom stereocenters. The molecule has 4 heterocycles. The van der Waals surface area contributed by atoms with E-state index >= 15 is 0 Å². The van der Waals surface area contributed by atoms with Gasteiger partial charge in [-0.15, -0.1) is 0 Å². The fraction of sp³-hybridized carbons (Fsp3) is 0.348. The van der Waals surface area contributed by atoms with Gasteiger partial charge in [-0.1, -0.05) is 6.07 Å². The zero-order valence-electron chi connectivity index (χ0n) is 17.7. The van der Waals surface area contributed by atoms with Crippen molar-refractivity contribution < 1.29 is 23.6 Å². The number of pyridine rings is 1. The van der Waals surface area contributed by atoms with Gasteiger partial charge in [0.05, 0.1) is 24.2 Å². The summed E-state index contributed by atoms with van der Waals surface area (Å²) in [5, 5.41) is 12.7. The number of rotatable bonds is 5. The Hall–Kier alpha value is -3.37. The van der Waals surface area contributed by atoms with Gasteiger partial charge in [-0.05, 0) is 36.6 Å². The van der Waals surface area contributed by atoms with Crippen LogP contribution in [-0.2, 0) is 17.9 Å². The zero-order valence-corrected chi connectivity index (χ0v) is 17.7. The molecule has 5 rings (SSSR count). The number of hydroxylamine groups is 1. The first-order valence-corrected chi connectivity index (χ1v) is 10.8. The predicted octanol–water partition coefficient (Wildman–Crippen LogP) is 2.05. The number of benzene rings is 1. The molecule has 0 saturated carbocycles. The number of carbonyl (C=O) groups is 2. The number of fused-ring (bicyclic) bond motifs is 2. The second kappa shape index (κ2) is 8.53. The van der Waals surface area contributed by atoms with E-state index in [0.717, 1.165) is 36.5 Å². The highest BCUT2D eigenvalue weighted by molar-refractivity contribution is 5.96. The standard InChI is InChI=1S/C23H23F2N5O3/c24-16-2-1-14(19(25)5-16)10-30-11-15(17-6-20(23(32)28-33)26-8-21(17)30)9-29-4-3-13-7-27-22(31)18(13)12-29/h1-2,5-6,8,11,13,18,33H,3-4,7,9-10,12H2,(H,27,31)(H,28,32)/t13-,18+/m1/s1. The van der Waals surface area contributed by atoms with Crippen molar-refractivity contribution in [2.75, 3.05) is 19.6 Å². The van der Waals surface area contributed by atoms with Gasteiger partial charge in [0, 0.05) is 42.8 Å². The van der Waals surface area contributed by atoms with Crippen LogP contribution in [0.2, 0.25) is 0 Å². The van der Waals surface area contributed by atoms with Gasteiger partial charge < -0.3 is 9.88 Å². The van der Waals surface area contributed by atoms with Crippen LogP contribution in [0.25, 0.3) is 10.9 Å². The molecule has 2 saturated heterocycles. The molecule has 0 bridgehead atoms. The monoisotopic (exact) mass is 455 g/mol. The van der Waals surface area contributed by atoms with Gasteiger partial charge >= 0.3 is 0 Å². The lowest BCUT2D eigenvalue weighted by atomic mass is 9.88. The molecule has 2 aromatic heterocycles. The summed E-state index contributed by atoms with van der Waals surface area (Å²) in [6.45, 7) is 2.90. The molecule has 10 heteroatoms. The Kier molecular flexibility index (Phi) is 5.55. The van der Waals surface area contributed by atoms with E-state index in [2.05, 4.69) is 15.2 Å². The molecule has 0 aliphatic carbocycles. The van der Waals surface area contributed by atoms with Crippen molar-refractivity contribution in [2.24, 2.45) is 11.8 Å². The lowest BCUT2D eigenvalue weighted by molar-refractivity contribution is -0.124. The van der Waals surface area contributed by atoms with Crippen LogP contribution in [0.5, 0.6) is 0 Å². The summed E-state index contributed by atoms with van der Waals surface area (Å²) in [6.07, 6.45) is 4.29. The van der Waals surface area contributed by atoms with Gasteiger partial charge in [0.15, 0.2) is 0 Å². The van der Waals surface area contributed by atoms with Gasteiger partial charge in [-0.2, -0.15) is 0 Å². The van der Waals surface area contributed by atoms with Crippen molar-refractivity contribution in [3.8, 4) is 0 Å². The number of hydrogen-bond acceptors (Lipinski definition) is 5. The maximum Gasteiger partial charge on any atom is 0.293 e. The first-order chi connectivity index (χ1) is 15.9. The zero-order chi connectivity index (χ0) is 23.1. The van der Waals surface area contributed by atoms with Crippen LogP contribution in [-0.4, -0.2) is 51.1 Å². The number of aromatic nitrogens is 2. The number of nitrogens with zero attached hydrogens (tertiary/aromatic N) is 3. The number of hydrogen-bond donors (Lipinski definition) is 3. The topological polar surface area (TPSA) is 99.5 Å². The number of likely N-dealkylation sites (tertiary alicyclic amines) is 1. The molecule has 3 N–H and O–H groups in total. The Morgan fingerprint density at radius 1 is 1.24 bits per heavy atom. The summed E-state index contributed by atoms with van der Waals surface area (Å²) in [6, 6.07) is 5.05. The Balaban J connectivity index is 1.49. The van der Waals surface area contributed by atoms with E-state index in [1.165, 1.54) is 18.3 Å². The third-order valence-electron chi connectivity index (χ3n) is 6.65. The molecule has 0 spiro atoms. The molecule has 172 valence electrons. The molecule has 2 aliphatic rings. The first-order valence-electron chi connectivity index (χ1n) is 10.8. The Morgan fingerprint density at radius 2 is 2.09 bits per heavy atom. The number of halogens is 2. The van der Waals surface area contributed by atoms with Gasteiger partial charge in [-0.3, -0.25) is 19.7 Å². The number of piperidine rings is 1. The van der Waals surface area contributed by atoms with Crippen LogP contribution >= 0.6 is 0 Å². The van der Waals surface area contributed by atoms with Gasteiger partial charge in [0.25, 0.3) is 5.91 Å². The SMILES string of the molecule is O=C(NO)c1cc2c(CN3CC[C@@H]4CNC(=O)[C@H]4C3)cn(Cc3ccc(F)cc3F)c2cn1. The molecule has 3 aromatic rings. The molecule has 1 aromatic carbocycles. The average Bonchev–Trinajstić information content (AvgIpc) is 3.35. The lowest BCUT2D eigenvalue weighted by Gasteiger charge is -2.33. The minimum absolute atomic E-state index is 0.0298. The molecule has 33 heavy (non-hydrogen) atoms. The fourth-order valence-corrected chi connectivity index (χ4v) is 4.89. The fourth-order valence-electron chi connectivity index (χ4n) is 4.89. The molecular formula is C23H23F2N5O3. The highest BCUT2D eigenvalue weighted by atomic mass is 19.1. The van der Waals surface area contributed by atoms with Crippen molar-refractivity contribution in [1.29, 1.82) is 0 Å². The molecular weight excluding hydrogens is 432 g/mol. The van der Waals surface area contributed by atoms with E-state index in [1.807, 2.05) is 10.8 Å². The summed E-state index contributed by atoms with van der Waals surface area (Å²) in [5.74, 6) is -1.60.